The van der Waals surface area contributed by atoms with Gasteiger partial charge in [0, 0.05) is 16.6 Å². The Morgan fingerprint density at radius 3 is 2.56 bits per heavy atom. The third-order valence-electron chi connectivity index (χ3n) is 2.43. The average Bonchev–Trinajstić information content (AvgIpc) is 2.22. The van der Waals surface area contributed by atoms with E-state index in [2.05, 4.69) is 15.9 Å². The number of hydrogen-bond donors (Lipinski definition) is 1. The van der Waals surface area contributed by atoms with E-state index in [9.17, 15) is 13.4 Å². The van der Waals surface area contributed by atoms with E-state index in [1.807, 2.05) is 0 Å². The molecule has 0 aliphatic rings. The highest BCUT2D eigenvalue weighted by Crippen LogP contribution is 2.20. The maximum absolute atomic E-state index is 13.0. The summed E-state index contributed by atoms with van der Waals surface area (Å²) >= 11 is 3.04. The summed E-state index contributed by atoms with van der Waals surface area (Å²) < 4.78 is 25.3. The Hall–Kier alpha value is -0.750. The number of hydrogen-bond acceptors (Lipinski definition) is 2. The van der Waals surface area contributed by atoms with Gasteiger partial charge in [0.15, 0.2) is 0 Å². The van der Waals surface area contributed by atoms with Crippen LogP contribution in [0.1, 0.15) is 19.4 Å². The van der Waals surface area contributed by atoms with Gasteiger partial charge in [0.1, 0.15) is 11.1 Å². The molecule has 6 heteroatoms. The number of carboxylic acids is 1. The van der Waals surface area contributed by atoms with Crippen LogP contribution in [0.2, 0.25) is 0 Å². The highest BCUT2D eigenvalue weighted by molar-refractivity contribution is 9.10. The average molecular weight is 337 g/mol. The molecule has 18 heavy (non-hydrogen) atoms. The van der Waals surface area contributed by atoms with Crippen molar-refractivity contribution in [2.24, 2.45) is 5.92 Å². The Morgan fingerprint density at radius 1 is 1.50 bits per heavy atom. The van der Waals surface area contributed by atoms with Crippen LogP contribution in [0.15, 0.2) is 22.7 Å². The van der Waals surface area contributed by atoms with Crippen molar-refractivity contribution >= 4 is 32.7 Å². The van der Waals surface area contributed by atoms with E-state index >= 15 is 0 Å². The first-order chi connectivity index (χ1) is 8.32. The molecule has 0 radical (unpaired) electrons. The number of carbonyl (C=O) groups is 1. The van der Waals surface area contributed by atoms with Crippen molar-refractivity contribution in [2.45, 2.75) is 24.9 Å². The minimum atomic E-state index is -1.53. The molecule has 100 valence electrons. The number of benzene rings is 1. The van der Waals surface area contributed by atoms with Gasteiger partial charge in [-0.25, -0.2) is 4.39 Å². The first-order valence-corrected chi connectivity index (χ1v) is 7.54. The zero-order valence-corrected chi connectivity index (χ0v) is 12.4. The molecule has 0 amide bonds. The van der Waals surface area contributed by atoms with Crippen molar-refractivity contribution in [3.8, 4) is 0 Å². The third kappa shape index (κ3) is 3.88. The number of aliphatic carboxylic acids is 1. The van der Waals surface area contributed by atoms with Gasteiger partial charge < -0.3 is 5.11 Å². The van der Waals surface area contributed by atoms with Gasteiger partial charge in [0.25, 0.3) is 0 Å². The highest BCUT2D eigenvalue weighted by atomic mass is 79.9. The summed E-state index contributed by atoms with van der Waals surface area (Å²) in [5.41, 5.74) is 0.647. The molecule has 1 N–H and O–H groups in total. The molecule has 0 fully saturated rings. The fraction of sp³-hybridized carbons (Fsp3) is 0.417. The standard InChI is InChI=1S/C12H14BrFO3S/c1-7(2)11(12(15)16)18(17)6-8-3-4-10(14)9(13)5-8/h3-5,7,11H,6H2,1-2H3,(H,15,16). The maximum Gasteiger partial charge on any atom is 0.319 e. The van der Waals surface area contributed by atoms with Gasteiger partial charge in [0.2, 0.25) is 0 Å². The summed E-state index contributed by atoms with van der Waals surface area (Å²) in [6.45, 7) is 3.44. The minimum Gasteiger partial charge on any atom is -0.480 e. The molecular formula is C12H14BrFO3S. The van der Waals surface area contributed by atoms with Crippen LogP contribution in [0.3, 0.4) is 0 Å². The molecule has 2 unspecified atom stereocenters. The summed E-state index contributed by atoms with van der Waals surface area (Å²) in [6.07, 6.45) is 0. The summed E-state index contributed by atoms with van der Waals surface area (Å²) in [5.74, 6) is -1.58. The van der Waals surface area contributed by atoms with E-state index < -0.39 is 27.8 Å². The summed E-state index contributed by atoms with van der Waals surface area (Å²) in [7, 11) is -1.53. The first-order valence-electron chi connectivity index (χ1n) is 5.37. The molecule has 0 spiro atoms. The van der Waals surface area contributed by atoms with E-state index in [4.69, 9.17) is 5.11 Å². The highest BCUT2D eigenvalue weighted by Gasteiger charge is 2.28. The molecule has 2 atom stereocenters. The molecule has 1 rings (SSSR count). The fourth-order valence-electron chi connectivity index (χ4n) is 1.58. The Morgan fingerprint density at radius 2 is 2.11 bits per heavy atom. The molecule has 0 heterocycles. The Labute approximate surface area is 116 Å². The lowest BCUT2D eigenvalue weighted by atomic mass is 10.1. The SMILES string of the molecule is CC(C)C(C(=O)O)S(=O)Cc1ccc(F)c(Br)c1. The van der Waals surface area contributed by atoms with Crippen molar-refractivity contribution < 1.29 is 18.5 Å². The molecule has 0 aliphatic carbocycles. The predicted octanol–water partition coefficient (Wildman–Crippen LogP) is 2.95. The van der Waals surface area contributed by atoms with E-state index in [0.29, 0.717) is 5.56 Å². The molecule has 0 aliphatic heterocycles. The van der Waals surface area contributed by atoms with Crippen molar-refractivity contribution in [2.75, 3.05) is 0 Å². The molecular weight excluding hydrogens is 323 g/mol. The lowest BCUT2D eigenvalue weighted by Gasteiger charge is -2.15. The first kappa shape index (κ1) is 15.3. The van der Waals surface area contributed by atoms with Gasteiger partial charge in [-0.15, -0.1) is 0 Å². The maximum atomic E-state index is 13.0. The molecule has 1 aromatic carbocycles. The second-order valence-corrected chi connectivity index (χ2v) is 6.69. The summed E-state index contributed by atoms with van der Waals surface area (Å²) in [6, 6.07) is 4.30. The van der Waals surface area contributed by atoms with E-state index in [1.54, 1.807) is 13.8 Å². The number of rotatable bonds is 5. The minimum absolute atomic E-state index is 0.105. The van der Waals surface area contributed by atoms with Gasteiger partial charge in [-0.2, -0.15) is 0 Å². The lowest BCUT2D eigenvalue weighted by molar-refractivity contribution is -0.137. The van der Waals surface area contributed by atoms with Crippen molar-refractivity contribution in [3.63, 3.8) is 0 Å². The van der Waals surface area contributed by atoms with Crippen molar-refractivity contribution in [3.05, 3.63) is 34.1 Å². The third-order valence-corrected chi connectivity index (χ3v) is 4.96. The smallest absolute Gasteiger partial charge is 0.319 e. The van der Waals surface area contributed by atoms with Crippen LogP contribution in [-0.2, 0) is 21.3 Å². The van der Waals surface area contributed by atoms with Crippen LogP contribution in [0, 0.1) is 11.7 Å². The lowest BCUT2D eigenvalue weighted by Crippen LogP contribution is -2.31. The van der Waals surface area contributed by atoms with E-state index in [0.717, 1.165) is 0 Å². The molecule has 3 nitrogen and oxygen atoms in total. The van der Waals surface area contributed by atoms with Crippen LogP contribution < -0.4 is 0 Å². The quantitative estimate of drug-likeness (QED) is 0.899. The van der Waals surface area contributed by atoms with Crippen LogP contribution in [0.25, 0.3) is 0 Å². The normalized spacial score (nSPS) is 14.5. The zero-order valence-electron chi connectivity index (χ0n) is 10.0. The predicted molar refractivity (Wildman–Crippen MR) is 72.2 cm³/mol. The largest absolute Gasteiger partial charge is 0.480 e. The Bertz CT molecular complexity index is 476. The van der Waals surface area contributed by atoms with Crippen LogP contribution >= 0.6 is 15.9 Å². The molecule has 0 saturated carbocycles. The molecule has 0 saturated heterocycles. The van der Waals surface area contributed by atoms with E-state index in [1.165, 1.54) is 18.2 Å². The molecule has 0 aromatic heterocycles. The second-order valence-electron chi connectivity index (χ2n) is 4.28. The molecule has 1 aromatic rings. The summed E-state index contributed by atoms with van der Waals surface area (Å²) in [4.78, 5) is 11.0. The van der Waals surface area contributed by atoms with Gasteiger partial charge in [-0.3, -0.25) is 9.00 Å². The Kier molecular flexibility index (Phi) is 5.47. The van der Waals surface area contributed by atoms with Gasteiger partial charge >= 0.3 is 5.97 Å². The van der Waals surface area contributed by atoms with Gasteiger partial charge in [0.05, 0.1) is 4.47 Å². The fourth-order valence-corrected chi connectivity index (χ4v) is 3.53. The second kappa shape index (κ2) is 6.43. The van der Waals surface area contributed by atoms with Gasteiger partial charge in [-0.05, 0) is 39.5 Å². The van der Waals surface area contributed by atoms with Crippen molar-refractivity contribution in [1.82, 2.24) is 0 Å². The Balaban J connectivity index is 2.86. The monoisotopic (exact) mass is 336 g/mol. The van der Waals surface area contributed by atoms with Crippen LogP contribution in [0.5, 0.6) is 0 Å². The zero-order chi connectivity index (χ0) is 13.9. The topological polar surface area (TPSA) is 54.4 Å². The number of halogens is 2. The number of carboxylic acid groups (broad SMARTS) is 1. The summed E-state index contributed by atoms with van der Waals surface area (Å²) in [5, 5.41) is 8.12. The van der Waals surface area contributed by atoms with Crippen molar-refractivity contribution in [1.29, 1.82) is 0 Å². The molecule has 0 bridgehead atoms. The van der Waals surface area contributed by atoms with E-state index in [-0.39, 0.29) is 16.1 Å². The van der Waals surface area contributed by atoms with Gasteiger partial charge in [-0.1, -0.05) is 19.9 Å². The van der Waals surface area contributed by atoms with Crippen LogP contribution in [-0.4, -0.2) is 20.5 Å². The van der Waals surface area contributed by atoms with Crippen LogP contribution in [0.4, 0.5) is 4.39 Å².